The Kier molecular flexibility index (Phi) is 4.90. The molecule has 0 atom stereocenters. The van der Waals surface area contributed by atoms with Crippen molar-refractivity contribution < 1.29 is 14.4 Å². The summed E-state index contributed by atoms with van der Waals surface area (Å²) >= 11 is 0. The van der Waals surface area contributed by atoms with Crippen LogP contribution in [0.2, 0.25) is 0 Å². The number of nitriles is 1. The molecule has 0 bridgehead atoms. The molecule has 1 saturated carbocycles. The van der Waals surface area contributed by atoms with Gasteiger partial charge in [-0.1, -0.05) is 25.3 Å². The number of amides is 4. The largest absolute Gasteiger partial charge is 0.333 e. The minimum atomic E-state index is -0.647. The summed E-state index contributed by atoms with van der Waals surface area (Å²) in [6.45, 7) is 0. The van der Waals surface area contributed by atoms with Gasteiger partial charge in [-0.2, -0.15) is 5.26 Å². The van der Waals surface area contributed by atoms with Gasteiger partial charge < -0.3 is 0 Å². The van der Waals surface area contributed by atoms with Crippen molar-refractivity contribution in [2.45, 2.75) is 38.0 Å². The summed E-state index contributed by atoms with van der Waals surface area (Å²) in [6, 6.07) is 7.01. The predicted molar refractivity (Wildman–Crippen MR) is 95.9 cm³/mol. The lowest BCUT2D eigenvalue weighted by Gasteiger charge is -2.29. The zero-order valence-electron chi connectivity index (χ0n) is 15.0. The number of hydrogen-bond acceptors (Lipinski definition) is 4. The van der Waals surface area contributed by atoms with Crippen LogP contribution in [0.3, 0.4) is 0 Å². The quantitative estimate of drug-likeness (QED) is 0.606. The van der Waals surface area contributed by atoms with E-state index in [-0.39, 0.29) is 5.57 Å². The maximum absolute atomic E-state index is 12.4. The van der Waals surface area contributed by atoms with Crippen LogP contribution in [0, 0.1) is 11.3 Å². The second kappa shape index (κ2) is 7.12. The van der Waals surface area contributed by atoms with Gasteiger partial charge in [0.25, 0.3) is 11.8 Å². The van der Waals surface area contributed by atoms with E-state index in [0.29, 0.717) is 17.0 Å². The standard InChI is InChI=1S/C20H21N3O3/c1-22-18(24)17(19(25)23(2)20(22)26)11-13-8-14(12-21)10-16(9-13)15-6-4-3-5-7-15/h8-11,15H,3-7H2,1-2H3. The molecule has 6 heteroatoms. The summed E-state index contributed by atoms with van der Waals surface area (Å²) in [4.78, 5) is 38.4. The molecule has 26 heavy (non-hydrogen) atoms. The third kappa shape index (κ3) is 3.25. The highest BCUT2D eigenvalue weighted by Gasteiger charge is 2.37. The van der Waals surface area contributed by atoms with Crippen LogP contribution in [-0.2, 0) is 9.59 Å². The lowest BCUT2D eigenvalue weighted by atomic mass is 9.83. The van der Waals surface area contributed by atoms with Gasteiger partial charge in [0, 0.05) is 14.1 Å². The molecule has 4 amide bonds. The van der Waals surface area contributed by atoms with E-state index in [9.17, 15) is 19.6 Å². The Balaban J connectivity index is 2.01. The van der Waals surface area contributed by atoms with Gasteiger partial charge in [-0.15, -0.1) is 0 Å². The molecule has 1 aliphatic carbocycles. The van der Waals surface area contributed by atoms with Gasteiger partial charge in [0.15, 0.2) is 0 Å². The molecule has 0 aromatic heterocycles. The van der Waals surface area contributed by atoms with Crippen LogP contribution in [0.1, 0.15) is 54.7 Å². The number of carbonyl (C=O) groups is 3. The molecule has 134 valence electrons. The third-order valence-electron chi connectivity index (χ3n) is 5.14. The predicted octanol–water partition coefficient (Wildman–Crippen LogP) is 3.04. The highest BCUT2D eigenvalue weighted by Crippen LogP contribution is 2.34. The lowest BCUT2D eigenvalue weighted by Crippen LogP contribution is -2.52. The van der Waals surface area contributed by atoms with Crippen molar-refractivity contribution in [1.82, 2.24) is 9.80 Å². The summed E-state index contributed by atoms with van der Waals surface area (Å²) in [5.41, 5.74) is 2.15. The third-order valence-corrected chi connectivity index (χ3v) is 5.14. The van der Waals surface area contributed by atoms with Gasteiger partial charge in [-0.25, -0.2) is 4.79 Å². The smallest absolute Gasteiger partial charge is 0.268 e. The molecule has 1 heterocycles. The van der Waals surface area contributed by atoms with Crippen molar-refractivity contribution in [1.29, 1.82) is 5.26 Å². The van der Waals surface area contributed by atoms with E-state index in [1.165, 1.54) is 39.4 Å². The van der Waals surface area contributed by atoms with Crippen LogP contribution >= 0.6 is 0 Å². The number of hydrogen-bond donors (Lipinski definition) is 0. The zero-order valence-corrected chi connectivity index (χ0v) is 15.0. The van der Waals surface area contributed by atoms with Crippen molar-refractivity contribution in [2.75, 3.05) is 14.1 Å². The fourth-order valence-corrected chi connectivity index (χ4v) is 3.64. The fraction of sp³-hybridized carbons (Fsp3) is 0.400. The minimum absolute atomic E-state index is 0.0701. The van der Waals surface area contributed by atoms with E-state index in [4.69, 9.17) is 0 Å². The van der Waals surface area contributed by atoms with E-state index >= 15 is 0 Å². The minimum Gasteiger partial charge on any atom is -0.268 e. The molecule has 1 saturated heterocycles. The number of imide groups is 2. The van der Waals surface area contributed by atoms with Gasteiger partial charge in [-0.05, 0) is 48.1 Å². The first-order valence-corrected chi connectivity index (χ1v) is 8.79. The molecule has 3 rings (SSSR count). The molecule has 6 nitrogen and oxygen atoms in total. The van der Waals surface area contributed by atoms with Crippen molar-refractivity contribution in [2.24, 2.45) is 0 Å². The molecule has 0 N–H and O–H groups in total. The van der Waals surface area contributed by atoms with Crippen molar-refractivity contribution in [3.8, 4) is 6.07 Å². The molecule has 1 aromatic carbocycles. The molecule has 0 radical (unpaired) electrons. The number of rotatable bonds is 2. The normalized spacial score (nSPS) is 19.0. The Morgan fingerprint density at radius 3 is 2.19 bits per heavy atom. The van der Waals surface area contributed by atoms with Crippen LogP contribution < -0.4 is 0 Å². The molecule has 1 aliphatic heterocycles. The number of likely N-dealkylation sites (N-methyl/N-ethyl adjacent to an activating group) is 2. The summed E-state index contributed by atoms with van der Waals surface area (Å²) in [5, 5.41) is 9.35. The van der Waals surface area contributed by atoms with E-state index in [1.807, 2.05) is 12.1 Å². The molecule has 0 unspecified atom stereocenters. The molecule has 2 fully saturated rings. The van der Waals surface area contributed by atoms with Crippen molar-refractivity contribution in [3.63, 3.8) is 0 Å². The molecule has 1 aromatic rings. The highest BCUT2D eigenvalue weighted by molar-refractivity contribution is 6.30. The first-order chi connectivity index (χ1) is 12.4. The summed E-state index contributed by atoms with van der Waals surface area (Å²) in [6.07, 6.45) is 7.24. The van der Waals surface area contributed by atoms with E-state index in [2.05, 4.69) is 6.07 Å². The maximum atomic E-state index is 12.4. The lowest BCUT2D eigenvalue weighted by molar-refractivity contribution is -0.134. The molecular formula is C20H21N3O3. The summed E-state index contributed by atoms with van der Waals surface area (Å²) < 4.78 is 0. The van der Waals surface area contributed by atoms with Crippen LogP contribution in [-0.4, -0.2) is 41.7 Å². The van der Waals surface area contributed by atoms with Crippen LogP contribution in [0.25, 0.3) is 6.08 Å². The fourth-order valence-electron chi connectivity index (χ4n) is 3.64. The van der Waals surface area contributed by atoms with Crippen LogP contribution in [0.5, 0.6) is 0 Å². The number of nitrogens with zero attached hydrogens (tertiary/aromatic N) is 3. The average molecular weight is 351 g/mol. The number of carbonyl (C=O) groups excluding carboxylic acids is 3. The molecule has 2 aliphatic rings. The van der Waals surface area contributed by atoms with Gasteiger partial charge in [0.1, 0.15) is 5.57 Å². The van der Waals surface area contributed by atoms with E-state index in [0.717, 1.165) is 28.2 Å². The van der Waals surface area contributed by atoms with Gasteiger partial charge >= 0.3 is 6.03 Å². The number of barbiturate groups is 1. The van der Waals surface area contributed by atoms with E-state index < -0.39 is 17.8 Å². The molecule has 0 spiro atoms. The van der Waals surface area contributed by atoms with Crippen molar-refractivity contribution in [3.05, 3.63) is 40.5 Å². The van der Waals surface area contributed by atoms with Crippen LogP contribution in [0.4, 0.5) is 4.79 Å². The first-order valence-electron chi connectivity index (χ1n) is 8.79. The second-order valence-corrected chi connectivity index (χ2v) is 6.90. The second-order valence-electron chi connectivity index (χ2n) is 6.90. The Morgan fingerprint density at radius 2 is 1.62 bits per heavy atom. The highest BCUT2D eigenvalue weighted by atomic mass is 16.2. The SMILES string of the molecule is CN1C(=O)C(=Cc2cc(C#N)cc(C3CCCCC3)c2)C(=O)N(C)C1=O. The van der Waals surface area contributed by atoms with Crippen LogP contribution in [0.15, 0.2) is 23.8 Å². The Bertz CT molecular complexity index is 818. The monoisotopic (exact) mass is 351 g/mol. The Labute approximate surface area is 152 Å². The Hall–Kier alpha value is -2.94. The van der Waals surface area contributed by atoms with Gasteiger partial charge in [0.2, 0.25) is 0 Å². The Morgan fingerprint density at radius 1 is 1.00 bits per heavy atom. The number of urea groups is 1. The van der Waals surface area contributed by atoms with Gasteiger partial charge in [0.05, 0.1) is 11.6 Å². The zero-order chi connectivity index (χ0) is 18.8. The topological polar surface area (TPSA) is 81.5 Å². The average Bonchev–Trinajstić information content (AvgIpc) is 2.68. The summed E-state index contributed by atoms with van der Waals surface area (Å²) in [5.74, 6) is -0.849. The first kappa shape index (κ1) is 17.9. The summed E-state index contributed by atoms with van der Waals surface area (Å²) in [7, 11) is 2.70. The van der Waals surface area contributed by atoms with E-state index in [1.54, 1.807) is 6.07 Å². The van der Waals surface area contributed by atoms with Gasteiger partial charge in [-0.3, -0.25) is 19.4 Å². The molecular weight excluding hydrogens is 330 g/mol. The number of benzene rings is 1. The maximum Gasteiger partial charge on any atom is 0.333 e. The van der Waals surface area contributed by atoms with Crippen molar-refractivity contribution >= 4 is 23.9 Å².